The van der Waals surface area contributed by atoms with E-state index in [0.717, 1.165) is 11.6 Å². The van der Waals surface area contributed by atoms with E-state index in [1.54, 1.807) is 30.3 Å². The van der Waals surface area contributed by atoms with Crippen LogP contribution in [0.15, 0.2) is 40.9 Å². The lowest BCUT2D eigenvalue weighted by Crippen LogP contribution is -2.01. The predicted molar refractivity (Wildman–Crippen MR) is 103 cm³/mol. The molecule has 0 aliphatic rings. The molecule has 0 spiro atoms. The monoisotopic (exact) mass is 444 g/mol. The third-order valence-electron chi connectivity index (χ3n) is 3.14. The third kappa shape index (κ3) is 5.66. The molecule has 0 fully saturated rings. The first-order valence-corrected chi connectivity index (χ1v) is 8.89. The SMILES string of the molecule is CCOc1cc(/C=C/C(=O)O)cc(Br)c1OCc1ccc(Cl)cc1Cl. The molecule has 0 saturated carbocycles. The highest BCUT2D eigenvalue weighted by atomic mass is 79.9. The number of hydrogen-bond donors (Lipinski definition) is 1. The van der Waals surface area contributed by atoms with Crippen molar-refractivity contribution in [2.75, 3.05) is 6.61 Å². The van der Waals surface area contributed by atoms with Gasteiger partial charge >= 0.3 is 5.97 Å². The minimum Gasteiger partial charge on any atom is -0.490 e. The Balaban J connectivity index is 2.27. The summed E-state index contributed by atoms with van der Waals surface area (Å²) in [5.74, 6) is -0.000805. The van der Waals surface area contributed by atoms with Crippen LogP contribution in [0.4, 0.5) is 0 Å². The first-order chi connectivity index (χ1) is 11.9. The van der Waals surface area contributed by atoms with Crippen molar-refractivity contribution in [2.24, 2.45) is 0 Å². The zero-order valence-corrected chi connectivity index (χ0v) is 16.4. The molecule has 7 heteroatoms. The number of rotatable bonds is 7. The Hall–Kier alpha value is -1.69. The number of carbonyl (C=O) groups is 1. The van der Waals surface area contributed by atoms with Crippen LogP contribution in [0, 0.1) is 0 Å². The summed E-state index contributed by atoms with van der Waals surface area (Å²) in [4.78, 5) is 10.7. The lowest BCUT2D eigenvalue weighted by Gasteiger charge is -2.15. The maximum absolute atomic E-state index is 10.7. The van der Waals surface area contributed by atoms with Gasteiger partial charge in [-0.25, -0.2) is 4.79 Å². The Kier molecular flexibility index (Phi) is 7.17. The van der Waals surface area contributed by atoms with E-state index in [0.29, 0.717) is 38.2 Å². The van der Waals surface area contributed by atoms with E-state index in [1.165, 1.54) is 6.08 Å². The van der Waals surface area contributed by atoms with E-state index >= 15 is 0 Å². The van der Waals surface area contributed by atoms with Gasteiger partial charge in [-0.05, 0) is 58.8 Å². The van der Waals surface area contributed by atoms with E-state index in [2.05, 4.69) is 15.9 Å². The van der Waals surface area contributed by atoms with Crippen molar-refractivity contribution in [3.8, 4) is 11.5 Å². The highest BCUT2D eigenvalue weighted by Crippen LogP contribution is 2.38. The molecule has 2 rings (SSSR count). The summed E-state index contributed by atoms with van der Waals surface area (Å²) in [6.45, 7) is 2.53. The fourth-order valence-corrected chi connectivity index (χ4v) is 3.08. The molecule has 1 N–H and O–H groups in total. The molecule has 0 radical (unpaired) electrons. The van der Waals surface area contributed by atoms with Crippen LogP contribution in [0.2, 0.25) is 10.0 Å². The first-order valence-electron chi connectivity index (χ1n) is 7.34. The molecule has 0 aliphatic carbocycles. The molecule has 132 valence electrons. The van der Waals surface area contributed by atoms with Crippen molar-refractivity contribution in [1.82, 2.24) is 0 Å². The van der Waals surface area contributed by atoms with Gasteiger partial charge in [0.05, 0.1) is 11.1 Å². The van der Waals surface area contributed by atoms with Crippen molar-refractivity contribution in [2.45, 2.75) is 13.5 Å². The molecule has 0 atom stereocenters. The molecule has 0 saturated heterocycles. The van der Waals surface area contributed by atoms with E-state index in [-0.39, 0.29) is 6.61 Å². The zero-order valence-electron chi connectivity index (χ0n) is 13.3. The number of ether oxygens (including phenoxy) is 2. The molecule has 0 amide bonds. The summed E-state index contributed by atoms with van der Waals surface area (Å²) in [6.07, 6.45) is 2.54. The van der Waals surface area contributed by atoms with Gasteiger partial charge in [-0.2, -0.15) is 0 Å². The maximum Gasteiger partial charge on any atom is 0.328 e. The fourth-order valence-electron chi connectivity index (χ4n) is 2.04. The molecule has 2 aromatic carbocycles. The molecule has 0 heterocycles. The van der Waals surface area contributed by atoms with Crippen molar-refractivity contribution in [3.05, 3.63) is 62.1 Å². The van der Waals surface area contributed by atoms with Crippen molar-refractivity contribution >= 4 is 51.2 Å². The van der Waals surface area contributed by atoms with Crippen LogP contribution in [0.5, 0.6) is 11.5 Å². The molecule has 0 unspecified atom stereocenters. The molecule has 0 aromatic heterocycles. The Labute approximate surface area is 164 Å². The smallest absolute Gasteiger partial charge is 0.328 e. The van der Waals surface area contributed by atoms with E-state index < -0.39 is 5.97 Å². The quantitative estimate of drug-likeness (QED) is 0.544. The number of benzene rings is 2. The largest absolute Gasteiger partial charge is 0.490 e. The first kappa shape index (κ1) is 19.6. The number of carboxylic acids is 1. The van der Waals surface area contributed by atoms with Crippen LogP contribution in [0.3, 0.4) is 0 Å². The van der Waals surface area contributed by atoms with Gasteiger partial charge in [-0.1, -0.05) is 29.3 Å². The molecule has 0 bridgehead atoms. The van der Waals surface area contributed by atoms with Crippen LogP contribution in [-0.4, -0.2) is 17.7 Å². The van der Waals surface area contributed by atoms with Gasteiger partial charge in [0.2, 0.25) is 0 Å². The van der Waals surface area contributed by atoms with Crippen LogP contribution in [-0.2, 0) is 11.4 Å². The number of aliphatic carboxylic acids is 1. The van der Waals surface area contributed by atoms with Gasteiger partial charge in [-0.3, -0.25) is 0 Å². The average Bonchev–Trinajstić information content (AvgIpc) is 2.54. The summed E-state index contributed by atoms with van der Waals surface area (Å²) < 4.78 is 12.1. The van der Waals surface area contributed by atoms with Gasteiger partial charge in [0.25, 0.3) is 0 Å². The lowest BCUT2D eigenvalue weighted by molar-refractivity contribution is -0.131. The van der Waals surface area contributed by atoms with Crippen molar-refractivity contribution < 1.29 is 19.4 Å². The summed E-state index contributed by atoms with van der Waals surface area (Å²) in [7, 11) is 0. The minimum atomic E-state index is -1.02. The maximum atomic E-state index is 10.7. The highest BCUT2D eigenvalue weighted by molar-refractivity contribution is 9.10. The van der Waals surface area contributed by atoms with Gasteiger partial charge in [0.15, 0.2) is 11.5 Å². The van der Waals surface area contributed by atoms with Crippen molar-refractivity contribution in [1.29, 1.82) is 0 Å². The summed E-state index contributed by atoms with van der Waals surface area (Å²) >= 11 is 15.5. The number of halogens is 3. The number of hydrogen-bond acceptors (Lipinski definition) is 3. The van der Waals surface area contributed by atoms with Crippen LogP contribution in [0.25, 0.3) is 6.08 Å². The second kappa shape index (κ2) is 9.13. The van der Waals surface area contributed by atoms with Crippen molar-refractivity contribution in [3.63, 3.8) is 0 Å². The summed E-state index contributed by atoms with van der Waals surface area (Å²) in [5, 5.41) is 9.82. The topological polar surface area (TPSA) is 55.8 Å². The minimum absolute atomic E-state index is 0.235. The Morgan fingerprint density at radius 1 is 1.24 bits per heavy atom. The third-order valence-corrected chi connectivity index (χ3v) is 4.31. The second-order valence-corrected chi connectivity index (χ2v) is 6.66. The highest BCUT2D eigenvalue weighted by Gasteiger charge is 2.13. The summed E-state index contributed by atoms with van der Waals surface area (Å²) in [6, 6.07) is 8.65. The average molecular weight is 446 g/mol. The molecular weight excluding hydrogens is 431 g/mol. The number of carboxylic acid groups (broad SMARTS) is 1. The fraction of sp³-hybridized carbons (Fsp3) is 0.167. The van der Waals surface area contributed by atoms with Gasteiger partial charge in [0.1, 0.15) is 6.61 Å². The summed E-state index contributed by atoms with van der Waals surface area (Å²) in [5.41, 5.74) is 1.46. The Bertz CT molecular complexity index is 806. The molecular formula is C18H15BrCl2O4. The van der Waals surface area contributed by atoms with E-state index in [9.17, 15) is 4.79 Å². The van der Waals surface area contributed by atoms with E-state index in [1.807, 2.05) is 6.92 Å². The lowest BCUT2D eigenvalue weighted by atomic mass is 10.2. The predicted octanol–water partition coefficient (Wildman–Crippen LogP) is 5.83. The normalized spacial score (nSPS) is 10.9. The van der Waals surface area contributed by atoms with Gasteiger partial charge in [-0.15, -0.1) is 0 Å². The van der Waals surface area contributed by atoms with Gasteiger partial charge in [0, 0.05) is 21.7 Å². The molecule has 2 aromatic rings. The standard InChI is InChI=1S/C18H15BrCl2O4/c1-2-24-16-8-11(3-6-17(22)23)7-14(19)18(16)25-10-12-4-5-13(20)9-15(12)21/h3-9H,2,10H2,1H3,(H,22,23)/b6-3+. The van der Waals surface area contributed by atoms with E-state index in [4.69, 9.17) is 37.8 Å². The molecule has 4 nitrogen and oxygen atoms in total. The van der Waals surface area contributed by atoms with Crippen LogP contribution in [0.1, 0.15) is 18.1 Å². The Morgan fingerprint density at radius 2 is 2.00 bits per heavy atom. The Morgan fingerprint density at radius 3 is 2.64 bits per heavy atom. The second-order valence-electron chi connectivity index (χ2n) is 4.96. The molecule has 0 aliphatic heterocycles. The zero-order chi connectivity index (χ0) is 18.4. The van der Waals surface area contributed by atoms with Crippen LogP contribution < -0.4 is 9.47 Å². The van der Waals surface area contributed by atoms with Gasteiger partial charge < -0.3 is 14.6 Å². The molecule has 25 heavy (non-hydrogen) atoms. The van der Waals surface area contributed by atoms with Crippen LogP contribution >= 0.6 is 39.1 Å².